The van der Waals surface area contributed by atoms with Gasteiger partial charge in [0.1, 0.15) is 5.82 Å². The molecule has 3 N–H and O–H groups in total. The zero-order chi connectivity index (χ0) is 11.4. The predicted molar refractivity (Wildman–Crippen MR) is 67.4 cm³/mol. The highest BCUT2D eigenvalue weighted by Crippen LogP contribution is 2.37. The molecular weight excluding hydrogens is 198 g/mol. The van der Waals surface area contributed by atoms with Crippen LogP contribution in [0.1, 0.15) is 31.2 Å². The van der Waals surface area contributed by atoms with Crippen LogP contribution in [0.3, 0.4) is 0 Å². The summed E-state index contributed by atoms with van der Waals surface area (Å²) in [7, 11) is 0. The maximum atomic E-state index is 5.90. The smallest absolute Gasteiger partial charge is 0.126 e. The van der Waals surface area contributed by atoms with Crippen molar-refractivity contribution in [3.63, 3.8) is 0 Å². The van der Waals surface area contributed by atoms with Gasteiger partial charge in [0.05, 0.1) is 0 Å². The predicted octanol–water partition coefficient (Wildman–Crippen LogP) is 2.32. The van der Waals surface area contributed by atoms with Crippen molar-refractivity contribution >= 4 is 5.82 Å². The van der Waals surface area contributed by atoms with E-state index in [0.29, 0.717) is 5.41 Å². The minimum Gasteiger partial charge on any atom is -0.369 e. The lowest BCUT2D eigenvalue weighted by atomic mass is 9.86. The van der Waals surface area contributed by atoms with E-state index >= 15 is 0 Å². The Morgan fingerprint density at radius 3 is 2.81 bits per heavy atom. The van der Waals surface area contributed by atoms with E-state index in [1.165, 1.54) is 31.2 Å². The number of pyridine rings is 1. The molecule has 1 saturated carbocycles. The van der Waals surface area contributed by atoms with Crippen LogP contribution in [-0.2, 0) is 0 Å². The highest BCUT2D eigenvalue weighted by Gasteiger charge is 2.32. The average Bonchev–Trinajstić information content (AvgIpc) is 2.76. The van der Waals surface area contributed by atoms with Gasteiger partial charge in [-0.1, -0.05) is 12.8 Å². The summed E-state index contributed by atoms with van der Waals surface area (Å²) in [5.41, 5.74) is 7.45. The molecule has 16 heavy (non-hydrogen) atoms. The molecule has 0 atom stereocenters. The molecule has 1 aliphatic rings. The Kier molecular flexibility index (Phi) is 3.44. The van der Waals surface area contributed by atoms with Crippen molar-refractivity contribution in [3.05, 3.63) is 23.9 Å². The first-order chi connectivity index (χ1) is 7.74. The minimum atomic E-state index is 0.311. The Labute approximate surface area is 97.5 Å². The zero-order valence-electron chi connectivity index (χ0n) is 10.00. The minimum absolute atomic E-state index is 0.311. The summed E-state index contributed by atoms with van der Waals surface area (Å²) in [6.45, 7) is 3.83. The lowest BCUT2D eigenvalue weighted by Crippen LogP contribution is -2.34. The highest BCUT2D eigenvalue weighted by atomic mass is 15.0. The van der Waals surface area contributed by atoms with E-state index in [2.05, 4.69) is 23.3 Å². The van der Waals surface area contributed by atoms with E-state index in [-0.39, 0.29) is 0 Å². The highest BCUT2D eigenvalue weighted by molar-refractivity contribution is 5.37. The third kappa shape index (κ3) is 2.53. The fourth-order valence-electron chi connectivity index (χ4n) is 2.49. The molecule has 3 heteroatoms. The summed E-state index contributed by atoms with van der Waals surface area (Å²) in [6, 6.07) is 4.10. The van der Waals surface area contributed by atoms with Crippen LogP contribution in [-0.4, -0.2) is 18.1 Å². The van der Waals surface area contributed by atoms with Crippen LogP contribution in [0.15, 0.2) is 18.3 Å². The number of nitrogens with two attached hydrogens (primary N) is 1. The third-order valence-corrected chi connectivity index (χ3v) is 3.66. The molecule has 0 amide bonds. The van der Waals surface area contributed by atoms with Crippen molar-refractivity contribution in [1.82, 2.24) is 4.98 Å². The molecular formula is C13H21N3. The van der Waals surface area contributed by atoms with E-state index in [4.69, 9.17) is 5.73 Å². The molecule has 1 aromatic heterocycles. The van der Waals surface area contributed by atoms with Gasteiger partial charge in [-0.05, 0) is 49.4 Å². The van der Waals surface area contributed by atoms with Gasteiger partial charge >= 0.3 is 0 Å². The fraction of sp³-hybridized carbons (Fsp3) is 0.615. The Bertz CT molecular complexity index is 343. The number of nitrogens with one attached hydrogen (secondary N) is 1. The molecule has 0 aliphatic heterocycles. The molecule has 88 valence electrons. The normalized spacial score (nSPS) is 18.6. The van der Waals surface area contributed by atoms with E-state index < -0.39 is 0 Å². The second kappa shape index (κ2) is 4.83. The van der Waals surface area contributed by atoms with Gasteiger partial charge in [0.25, 0.3) is 0 Å². The van der Waals surface area contributed by atoms with Crippen molar-refractivity contribution in [1.29, 1.82) is 0 Å². The first kappa shape index (κ1) is 11.4. The summed E-state index contributed by atoms with van der Waals surface area (Å²) in [6.07, 6.45) is 6.99. The lowest BCUT2D eigenvalue weighted by molar-refractivity contribution is 0.332. The monoisotopic (exact) mass is 219 g/mol. The number of rotatable bonds is 4. The number of hydrogen-bond acceptors (Lipinski definition) is 3. The van der Waals surface area contributed by atoms with Crippen LogP contribution in [0, 0.1) is 12.3 Å². The van der Waals surface area contributed by atoms with Crippen molar-refractivity contribution < 1.29 is 0 Å². The third-order valence-electron chi connectivity index (χ3n) is 3.66. The second-order valence-electron chi connectivity index (χ2n) is 4.98. The average molecular weight is 219 g/mol. The largest absolute Gasteiger partial charge is 0.369 e. The Balaban J connectivity index is 1.95. The molecule has 1 aliphatic carbocycles. The molecule has 3 nitrogen and oxygen atoms in total. The van der Waals surface area contributed by atoms with Gasteiger partial charge in [0, 0.05) is 12.7 Å². The van der Waals surface area contributed by atoms with Crippen LogP contribution < -0.4 is 11.1 Å². The molecule has 1 fully saturated rings. The number of hydrogen-bond donors (Lipinski definition) is 2. The topological polar surface area (TPSA) is 50.9 Å². The molecule has 0 aromatic carbocycles. The Hall–Kier alpha value is -1.09. The SMILES string of the molecule is Cc1ccnc(NCC2(CN)CCCC2)c1. The number of anilines is 1. The summed E-state index contributed by atoms with van der Waals surface area (Å²) >= 11 is 0. The molecule has 0 radical (unpaired) electrons. The van der Waals surface area contributed by atoms with E-state index in [1.54, 1.807) is 0 Å². The quantitative estimate of drug-likeness (QED) is 0.817. The standard InChI is InChI=1S/C13H21N3/c1-11-4-7-15-12(8-11)16-10-13(9-14)5-2-3-6-13/h4,7-8H,2-3,5-6,9-10,14H2,1H3,(H,15,16). The van der Waals surface area contributed by atoms with Crippen molar-refractivity contribution in [2.24, 2.45) is 11.1 Å². The van der Waals surface area contributed by atoms with E-state index in [0.717, 1.165) is 18.9 Å². The molecule has 0 saturated heterocycles. The van der Waals surface area contributed by atoms with Crippen LogP contribution in [0.5, 0.6) is 0 Å². The molecule has 0 bridgehead atoms. The Morgan fingerprint density at radius 2 is 2.19 bits per heavy atom. The van der Waals surface area contributed by atoms with Crippen molar-refractivity contribution in [3.8, 4) is 0 Å². The fourth-order valence-corrected chi connectivity index (χ4v) is 2.49. The number of aryl methyl sites for hydroxylation is 1. The summed E-state index contributed by atoms with van der Waals surface area (Å²) in [5, 5.41) is 3.43. The number of nitrogens with zero attached hydrogens (tertiary/aromatic N) is 1. The van der Waals surface area contributed by atoms with Crippen molar-refractivity contribution in [2.75, 3.05) is 18.4 Å². The molecule has 0 unspecified atom stereocenters. The first-order valence-corrected chi connectivity index (χ1v) is 6.11. The first-order valence-electron chi connectivity index (χ1n) is 6.11. The van der Waals surface area contributed by atoms with Gasteiger partial charge in [-0.15, -0.1) is 0 Å². The summed E-state index contributed by atoms with van der Waals surface area (Å²) in [5.74, 6) is 0.972. The lowest BCUT2D eigenvalue weighted by Gasteiger charge is -2.27. The van der Waals surface area contributed by atoms with E-state index in [1.807, 2.05) is 12.3 Å². The molecule has 0 spiro atoms. The van der Waals surface area contributed by atoms with Gasteiger partial charge in [0.15, 0.2) is 0 Å². The van der Waals surface area contributed by atoms with Gasteiger partial charge in [-0.2, -0.15) is 0 Å². The molecule has 2 rings (SSSR count). The summed E-state index contributed by atoms with van der Waals surface area (Å²) in [4.78, 5) is 4.31. The van der Waals surface area contributed by atoms with Gasteiger partial charge in [-0.25, -0.2) is 4.98 Å². The van der Waals surface area contributed by atoms with E-state index in [9.17, 15) is 0 Å². The second-order valence-corrected chi connectivity index (χ2v) is 4.98. The van der Waals surface area contributed by atoms with Crippen LogP contribution in [0.25, 0.3) is 0 Å². The molecule has 1 heterocycles. The van der Waals surface area contributed by atoms with Gasteiger partial charge < -0.3 is 11.1 Å². The maximum absolute atomic E-state index is 5.90. The van der Waals surface area contributed by atoms with Gasteiger partial charge in [0.2, 0.25) is 0 Å². The number of aromatic nitrogens is 1. The van der Waals surface area contributed by atoms with Crippen LogP contribution >= 0.6 is 0 Å². The van der Waals surface area contributed by atoms with Crippen LogP contribution in [0.4, 0.5) is 5.82 Å². The zero-order valence-corrected chi connectivity index (χ0v) is 10.00. The maximum Gasteiger partial charge on any atom is 0.126 e. The summed E-state index contributed by atoms with van der Waals surface area (Å²) < 4.78 is 0. The van der Waals surface area contributed by atoms with Crippen molar-refractivity contribution in [2.45, 2.75) is 32.6 Å². The van der Waals surface area contributed by atoms with Crippen LogP contribution in [0.2, 0.25) is 0 Å². The van der Waals surface area contributed by atoms with Gasteiger partial charge in [-0.3, -0.25) is 0 Å². The molecule has 1 aromatic rings. The Morgan fingerprint density at radius 1 is 1.44 bits per heavy atom.